The molecule has 1 aromatic heterocycles. The monoisotopic (exact) mass is 202 g/mol. The van der Waals surface area contributed by atoms with Crippen molar-refractivity contribution in [3.05, 3.63) is 28.0 Å². The van der Waals surface area contributed by atoms with Gasteiger partial charge in [-0.1, -0.05) is 11.6 Å². The molecule has 1 rings (SSSR count). The third-order valence-corrected chi connectivity index (χ3v) is 1.85. The molecule has 0 aliphatic carbocycles. The Morgan fingerprint density at radius 3 is 2.69 bits per heavy atom. The molecule has 13 heavy (non-hydrogen) atoms. The topological polar surface area (TPSA) is 36.7 Å². The number of pyridine rings is 1. The lowest BCUT2D eigenvalue weighted by atomic mass is 10.2. The lowest BCUT2D eigenvalue weighted by molar-refractivity contribution is 0.151. The minimum atomic E-state index is -2.68. The van der Waals surface area contributed by atoms with Crippen molar-refractivity contribution in [2.75, 3.05) is 0 Å². The molecule has 0 bridgehead atoms. The first-order valence-electron chi connectivity index (χ1n) is 3.41. The molecule has 1 heterocycles. The van der Waals surface area contributed by atoms with Crippen LogP contribution in [0.2, 0.25) is 5.02 Å². The summed E-state index contributed by atoms with van der Waals surface area (Å²) in [6.45, 7) is 1.53. The maximum Gasteiger partial charge on any atom is 0.265 e. The Kier molecular flexibility index (Phi) is 2.79. The zero-order valence-electron chi connectivity index (χ0n) is 6.68. The Bertz CT molecular complexity index is 371. The highest BCUT2D eigenvalue weighted by molar-refractivity contribution is 6.32. The van der Waals surface area contributed by atoms with Gasteiger partial charge in [0, 0.05) is 11.3 Å². The maximum atomic E-state index is 12.3. The van der Waals surface area contributed by atoms with Gasteiger partial charge in [-0.05, 0) is 13.0 Å². The summed E-state index contributed by atoms with van der Waals surface area (Å²) in [5.74, 6) is 0. The Morgan fingerprint density at radius 1 is 1.62 bits per heavy atom. The average Bonchev–Trinajstić information content (AvgIpc) is 2.08. The number of nitrogens with zero attached hydrogens (tertiary/aromatic N) is 2. The van der Waals surface area contributed by atoms with Crippen LogP contribution in [0.25, 0.3) is 0 Å². The van der Waals surface area contributed by atoms with Crippen molar-refractivity contribution >= 4 is 11.6 Å². The molecule has 1 aromatic rings. The van der Waals surface area contributed by atoms with Gasteiger partial charge in [0.05, 0.1) is 5.02 Å². The lowest BCUT2D eigenvalue weighted by Crippen LogP contribution is -1.95. The van der Waals surface area contributed by atoms with E-state index < -0.39 is 6.43 Å². The highest BCUT2D eigenvalue weighted by atomic mass is 35.5. The first kappa shape index (κ1) is 9.87. The molecular formula is C8H5ClF2N2. The predicted octanol–water partition coefficient (Wildman–Crippen LogP) is 2.85. The van der Waals surface area contributed by atoms with Crippen molar-refractivity contribution in [3.8, 4) is 6.07 Å². The fourth-order valence-electron chi connectivity index (χ4n) is 0.916. The van der Waals surface area contributed by atoms with Crippen LogP contribution >= 0.6 is 11.6 Å². The molecule has 68 valence electrons. The molecule has 0 amide bonds. The molecule has 0 unspecified atom stereocenters. The molecule has 0 N–H and O–H groups in total. The molecule has 0 fully saturated rings. The zero-order chi connectivity index (χ0) is 10.0. The van der Waals surface area contributed by atoms with Gasteiger partial charge in [0.2, 0.25) is 0 Å². The van der Waals surface area contributed by atoms with Crippen LogP contribution in [0.1, 0.15) is 23.4 Å². The summed E-state index contributed by atoms with van der Waals surface area (Å²) in [5, 5.41) is 8.25. The van der Waals surface area contributed by atoms with Crippen molar-refractivity contribution in [3.63, 3.8) is 0 Å². The van der Waals surface area contributed by atoms with Crippen molar-refractivity contribution in [2.45, 2.75) is 13.3 Å². The van der Waals surface area contributed by atoms with E-state index in [0.29, 0.717) is 5.69 Å². The average molecular weight is 203 g/mol. The van der Waals surface area contributed by atoms with Crippen molar-refractivity contribution in [1.82, 2.24) is 4.98 Å². The van der Waals surface area contributed by atoms with Crippen LogP contribution < -0.4 is 0 Å². The number of alkyl halides is 2. The second-order valence-electron chi connectivity index (χ2n) is 2.43. The van der Waals surface area contributed by atoms with Gasteiger partial charge in [-0.25, -0.2) is 13.8 Å². The molecule has 0 aliphatic rings. The first-order valence-corrected chi connectivity index (χ1v) is 3.79. The second kappa shape index (κ2) is 3.67. The van der Waals surface area contributed by atoms with E-state index in [1.54, 1.807) is 6.07 Å². The van der Waals surface area contributed by atoms with E-state index in [4.69, 9.17) is 16.9 Å². The third kappa shape index (κ3) is 1.93. The van der Waals surface area contributed by atoms with Crippen LogP contribution in [0.5, 0.6) is 0 Å². The Hall–Kier alpha value is -1.21. The van der Waals surface area contributed by atoms with Crippen molar-refractivity contribution < 1.29 is 8.78 Å². The Morgan fingerprint density at radius 2 is 2.23 bits per heavy atom. The summed E-state index contributed by atoms with van der Waals surface area (Å²) >= 11 is 5.51. The highest BCUT2D eigenvalue weighted by Gasteiger charge is 2.16. The quantitative estimate of drug-likeness (QED) is 0.702. The van der Waals surface area contributed by atoms with Gasteiger partial charge in [0.25, 0.3) is 6.43 Å². The van der Waals surface area contributed by atoms with Crippen LogP contribution in [0.4, 0.5) is 8.78 Å². The number of aryl methyl sites for hydroxylation is 1. The van der Waals surface area contributed by atoms with E-state index in [-0.39, 0.29) is 16.3 Å². The number of halogens is 3. The van der Waals surface area contributed by atoms with Crippen LogP contribution in [0.15, 0.2) is 6.07 Å². The predicted molar refractivity (Wildman–Crippen MR) is 43.7 cm³/mol. The molecule has 0 spiro atoms. The van der Waals surface area contributed by atoms with E-state index in [1.807, 2.05) is 0 Å². The number of aromatic nitrogens is 1. The number of nitriles is 1. The van der Waals surface area contributed by atoms with Crippen LogP contribution in [0.3, 0.4) is 0 Å². The summed E-state index contributed by atoms with van der Waals surface area (Å²) in [6, 6.07) is 2.83. The number of rotatable bonds is 1. The number of hydrogen-bond acceptors (Lipinski definition) is 2. The summed E-state index contributed by atoms with van der Waals surface area (Å²) < 4.78 is 24.6. The molecule has 0 saturated heterocycles. The Labute approximate surface area is 78.8 Å². The largest absolute Gasteiger partial charge is 0.265 e. The number of hydrogen-bond donors (Lipinski definition) is 0. The minimum absolute atomic E-state index is 0.156. The SMILES string of the molecule is Cc1cc(C(F)F)c(Cl)c(C#N)n1. The lowest BCUT2D eigenvalue weighted by Gasteiger charge is -2.04. The zero-order valence-corrected chi connectivity index (χ0v) is 7.44. The molecule has 0 atom stereocenters. The van der Waals surface area contributed by atoms with E-state index in [9.17, 15) is 8.78 Å². The molecule has 0 aliphatic heterocycles. The first-order chi connectivity index (χ1) is 6.06. The smallest absolute Gasteiger partial charge is 0.241 e. The van der Waals surface area contributed by atoms with Gasteiger partial charge in [-0.2, -0.15) is 5.26 Å². The van der Waals surface area contributed by atoms with Crippen LogP contribution in [-0.4, -0.2) is 4.98 Å². The molecule has 0 radical (unpaired) electrons. The van der Waals surface area contributed by atoms with E-state index in [1.165, 1.54) is 13.0 Å². The third-order valence-electron chi connectivity index (χ3n) is 1.45. The normalized spacial score (nSPS) is 10.2. The summed E-state index contributed by atoms with van der Waals surface area (Å²) in [5.41, 5.74) is -0.140. The fraction of sp³-hybridized carbons (Fsp3) is 0.250. The van der Waals surface area contributed by atoms with Gasteiger partial charge in [-0.15, -0.1) is 0 Å². The summed E-state index contributed by atoms with van der Waals surface area (Å²) in [7, 11) is 0. The van der Waals surface area contributed by atoms with Crippen molar-refractivity contribution in [1.29, 1.82) is 5.26 Å². The van der Waals surface area contributed by atoms with Gasteiger partial charge >= 0.3 is 0 Å². The molecule has 0 saturated carbocycles. The molecule has 0 aromatic carbocycles. The standard InChI is InChI=1S/C8H5ClF2N2/c1-4-2-5(8(10)11)7(9)6(3-12)13-4/h2,8H,1H3. The van der Waals surface area contributed by atoms with Gasteiger partial charge in [0.15, 0.2) is 5.69 Å². The summed E-state index contributed by atoms with van der Waals surface area (Å²) in [6.07, 6.45) is -2.68. The minimum Gasteiger partial charge on any atom is -0.241 e. The van der Waals surface area contributed by atoms with E-state index in [0.717, 1.165) is 0 Å². The fourth-order valence-corrected chi connectivity index (χ4v) is 1.14. The van der Waals surface area contributed by atoms with Gasteiger partial charge < -0.3 is 0 Å². The molecule has 5 heteroatoms. The summed E-state index contributed by atoms with van der Waals surface area (Å²) in [4.78, 5) is 3.71. The van der Waals surface area contributed by atoms with E-state index in [2.05, 4.69) is 4.98 Å². The Balaban J connectivity index is 3.38. The van der Waals surface area contributed by atoms with Gasteiger partial charge in [0.1, 0.15) is 6.07 Å². The maximum absolute atomic E-state index is 12.3. The molecule has 2 nitrogen and oxygen atoms in total. The highest BCUT2D eigenvalue weighted by Crippen LogP contribution is 2.28. The molecular weight excluding hydrogens is 198 g/mol. The van der Waals surface area contributed by atoms with Crippen molar-refractivity contribution in [2.24, 2.45) is 0 Å². The van der Waals surface area contributed by atoms with E-state index >= 15 is 0 Å². The second-order valence-corrected chi connectivity index (χ2v) is 2.81. The van der Waals surface area contributed by atoms with Crippen LogP contribution in [-0.2, 0) is 0 Å². The van der Waals surface area contributed by atoms with Gasteiger partial charge in [-0.3, -0.25) is 0 Å². The van der Waals surface area contributed by atoms with Crippen LogP contribution in [0, 0.1) is 18.3 Å².